The summed E-state index contributed by atoms with van der Waals surface area (Å²) in [5, 5.41) is 2.82. The summed E-state index contributed by atoms with van der Waals surface area (Å²) in [5.74, 6) is 0.0707. The second kappa shape index (κ2) is 10.3. The summed E-state index contributed by atoms with van der Waals surface area (Å²) < 4.78 is 16.1. The van der Waals surface area contributed by atoms with Gasteiger partial charge in [-0.1, -0.05) is 29.8 Å². The zero-order valence-corrected chi connectivity index (χ0v) is 16.8. The first-order valence-electron chi connectivity index (χ1n) is 9.37. The van der Waals surface area contributed by atoms with E-state index in [0.29, 0.717) is 30.3 Å². The Balaban J connectivity index is 1.92. The Bertz CT molecular complexity index is 801. The van der Waals surface area contributed by atoms with Gasteiger partial charge in [-0.2, -0.15) is 0 Å². The first-order valence-corrected chi connectivity index (χ1v) is 9.37. The zero-order chi connectivity index (χ0) is 20.5. The smallest absolute Gasteiger partial charge is 0.338 e. The average Bonchev–Trinajstić information content (AvgIpc) is 2.68. The van der Waals surface area contributed by atoms with Crippen molar-refractivity contribution >= 4 is 11.9 Å². The molecule has 6 nitrogen and oxygen atoms in total. The van der Waals surface area contributed by atoms with Gasteiger partial charge in [-0.05, 0) is 51.5 Å². The summed E-state index contributed by atoms with van der Waals surface area (Å²) in [6, 6.07) is 12.5. The number of amides is 1. The number of nitrogens with one attached hydrogen (secondary N) is 1. The molecule has 0 saturated carbocycles. The van der Waals surface area contributed by atoms with E-state index in [1.165, 1.54) is 0 Å². The molecule has 0 aliphatic heterocycles. The number of hydrogen-bond acceptors (Lipinski definition) is 5. The van der Waals surface area contributed by atoms with E-state index in [1.807, 2.05) is 52.0 Å². The van der Waals surface area contributed by atoms with Gasteiger partial charge in [0, 0.05) is 0 Å². The predicted molar refractivity (Wildman–Crippen MR) is 107 cm³/mol. The van der Waals surface area contributed by atoms with E-state index in [1.54, 1.807) is 18.2 Å². The van der Waals surface area contributed by atoms with Crippen LogP contribution in [0.15, 0.2) is 42.5 Å². The van der Waals surface area contributed by atoms with Crippen molar-refractivity contribution in [1.82, 2.24) is 5.32 Å². The van der Waals surface area contributed by atoms with E-state index in [9.17, 15) is 9.59 Å². The van der Waals surface area contributed by atoms with Crippen LogP contribution in [0.4, 0.5) is 0 Å². The third-order valence-corrected chi connectivity index (χ3v) is 4.07. The van der Waals surface area contributed by atoms with Gasteiger partial charge in [-0.15, -0.1) is 0 Å². The normalized spacial score (nSPS) is 11.4. The van der Waals surface area contributed by atoms with E-state index < -0.39 is 5.97 Å². The molecule has 1 amide bonds. The molecule has 28 heavy (non-hydrogen) atoms. The highest BCUT2D eigenvalue weighted by Gasteiger charge is 2.15. The molecule has 2 rings (SSSR count). The van der Waals surface area contributed by atoms with Crippen LogP contribution in [0.5, 0.6) is 11.5 Å². The number of esters is 1. The van der Waals surface area contributed by atoms with Crippen LogP contribution in [0.1, 0.15) is 48.3 Å². The van der Waals surface area contributed by atoms with Crippen molar-refractivity contribution in [3.05, 3.63) is 59.2 Å². The van der Waals surface area contributed by atoms with Gasteiger partial charge in [-0.25, -0.2) is 4.79 Å². The quantitative estimate of drug-likeness (QED) is 0.664. The molecular weight excluding hydrogens is 358 g/mol. The lowest BCUT2D eigenvalue weighted by molar-refractivity contribution is -0.124. The number of carbonyl (C=O) groups is 2. The molecule has 1 atom stereocenters. The maximum Gasteiger partial charge on any atom is 0.338 e. The number of carbonyl (C=O) groups excluding carboxylic acids is 2. The molecule has 2 aromatic carbocycles. The molecule has 6 heteroatoms. The van der Waals surface area contributed by atoms with Crippen LogP contribution in [-0.4, -0.2) is 31.7 Å². The van der Waals surface area contributed by atoms with Crippen molar-refractivity contribution in [3.63, 3.8) is 0 Å². The monoisotopic (exact) mass is 385 g/mol. The standard InChI is InChI=1S/C22H27NO5/c1-5-26-19-12-11-18(13-20(19)27-6-2)22(25)28-14-21(24)23-16(4)17-9-7-15(3)8-10-17/h7-13,16H,5-6,14H2,1-4H3,(H,23,24)/t16-/m0/s1. The lowest BCUT2D eigenvalue weighted by Crippen LogP contribution is -2.31. The maximum atomic E-state index is 12.3. The highest BCUT2D eigenvalue weighted by Crippen LogP contribution is 2.28. The number of ether oxygens (including phenoxy) is 3. The van der Waals surface area contributed by atoms with E-state index in [4.69, 9.17) is 14.2 Å². The fourth-order valence-corrected chi connectivity index (χ4v) is 2.61. The van der Waals surface area contributed by atoms with E-state index in [-0.39, 0.29) is 18.6 Å². The van der Waals surface area contributed by atoms with Crippen molar-refractivity contribution in [3.8, 4) is 11.5 Å². The Morgan fingerprint density at radius 2 is 1.61 bits per heavy atom. The molecule has 0 heterocycles. The Morgan fingerprint density at radius 3 is 2.25 bits per heavy atom. The van der Waals surface area contributed by atoms with Gasteiger partial charge in [0.25, 0.3) is 5.91 Å². The number of benzene rings is 2. The number of hydrogen-bond donors (Lipinski definition) is 1. The minimum atomic E-state index is -0.595. The molecule has 0 aromatic heterocycles. The molecule has 150 valence electrons. The molecule has 0 radical (unpaired) electrons. The lowest BCUT2D eigenvalue weighted by Gasteiger charge is -2.15. The third-order valence-electron chi connectivity index (χ3n) is 4.07. The third kappa shape index (κ3) is 6.01. The SMILES string of the molecule is CCOc1ccc(C(=O)OCC(=O)N[C@@H](C)c2ccc(C)cc2)cc1OCC. The Labute approximate surface area is 165 Å². The molecule has 0 aliphatic carbocycles. The van der Waals surface area contributed by atoms with Crippen LogP contribution in [0.25, 0.3) is 0 Å². The lowest BCUT2D eigenvalue weighted by atomic mass is 10.1. The first kappa shape index (κ1) is 21.3. The van der Waals surface area contributed by atoms with E-state index >= 15 is 0 Å². The second-order valence-electron chi connectivity index (χ2n) is 6.30. The van der Waals surface area contributed by atoms with Gasteiger partial charge in [0.1, 0.15) is 0 Å². The molecule has 1 N–H and O–H groups in total. The van der Waals surface area contributed by atoms with Crippen LogP contribution in [0.3, 0.4) is 0 Å². The van der Waals surface area contributed by atoms with Gasteiger partial charge < -0.3 is 19.5 Å². The topological polar surface area (TPSA) is 73.9 Å². The van der Waals surface area contributed by atoms with E-state index in [0.717, 1.165) is 11.1 Å². The van der Waals surface area contributed by atoms with Crippen molar-refractivity contribution in [2.24, 2.45) is 0 Å². The van der Waals surface area contributed by atoms with Gasteiger partial charge in [0.05, 0.1) is 24.8 Å². The summed E-state index contributed by atoms with van der Waals surface area (Å²) >= 11 is 0. The molecule has 0 saturated heterocycles. The fourth-order valence-electron chi connectivity index (χ4n) is 2.61. The highest BCUT2D eigenvalue weighted by atomic mass is 16.5. The summed E-state index contributed by atoms with van der Waals surface area (Å²) in [7, 11) is 0. The van der Waals surface area contributed by atoms with Crippen LogP contribution >= 0.6 is 0 Å². The van der Waals surface area contributed by atoms with Gasteiger partial charge in [0.2, 0.25) is 0 Å². The van der Waals surface area contributed by atoms with Crippen molar-refractivity contribution in [1.29, 1.82) is 0 Å². The summed E-state index contributed by atoms with van der Waals surface area (Å²) in [5.41, 5.74) is 2.43. The largest absolute Gasteiger partial charge is 0.490 e. The van der Waals surface area contributed by atoms with Crippen LogP contribution in [0.2, 0.25) is 0 Å². The molecule has 0 spiro atoms. The number of rotatable bonds is 9. The van der Waals surface area contributed by atoms with Crippen LogP contribution in [-0.2, 0) is 9.53 Å². The van der Waals surface area contributed by atoms with Crippen molar-refractivity contribution in [2.45, 2.75) is 33.7 Å². The molecule has 0 aliphatic rings. The summed E-state index contributed by atoms with van der Waals surface area (Å²) in [6.07, 6.45) is 0. The fraction of sp³-hybridized carbons (Fsp3) is 0.364. The van der Waals surface area contributed by atoms with Gasteiger partial charge in [0.15, 0.2) is 18.1 Å². The predicted octanol–water partition coefficient (Wildman–Crippen LogP) is 3.83. The van der Waals surface area contributed by atoms with Crippen LogP contribution < -0.4 is 14.8 Å². The van der Waals surface area contributed by atoms with Gasteiger partial charge >= 0.3 is 5.97 Å². The molecule has 0 unspecified atom stereocenters. The minimum absolute atomic E-state index is 0.179. The second-order valence-corrected chi connectivity index (χ2v) is 6.30. The molecule has 0 bridgehead atoms. The summed E-state index contributed by atoms with van der Waals surface area (Å²) in [4.78, 5) is 24.4. The van der Waals surface area contributed by atoms with Gasteiger partial charge in [-0.3, -0.25) is 4.79 Å². The van der Waals surface area contributed by atoms with Crippen LogP contribution in [0, 0.1) is 6.92 Å². The van der Waals surface area contributed by atoms with E-state index in [2.05, 4.69) is 5.32 Å². The highest BCUT2D eigenvalue weighted by molar-refractivity contribution is 5.92. The zero-order valence-electron chi connectivity index (χ0n) is 16.8. The molecular formula is C22H27NO5. The Kier molecular flexibility index (Phi) is 7.87. The molecule has 2 aromatic rings. The number of aryl methyl sites for hydroxylation is 1. The average molecular weight is 385 g/mol. The van der Waals surface area contributed by atoms with Crippen molar-refractivity contribution in [2.75, 3.05) is 19.8 Å². The summed E-state index contributed by atoms with van der Waals surface area (Å²) in [6.45, 7) is 8.18. The Hall–Kier alpha value is -3.02. The Morgan fingerprint density at radius 1 is 0.964 bits per heavy atom. The van der Waals surface area contributed by atoms with Crippen molar-refractivity contribution < 1.29 is 23.8 Å². The maximum absolute atomic E-state index is 12.3. The minimum Gasteiger partial charge on any atom is -0.490 e. The first-order chi connectivity index (χ1) is 13.4. The molecule has 0 fully saturated rings.